The quantitative estimate of drug-likeness (QED) is 0.781. The van der Waals surface area contributed by atoms with Crippen LogP contribution in [0.2, 0.25) is 0 Å². The Hall–Kier alpha value is -0.0800. The Balaban J connectivity index is 1.86. The van der Waals surface area contributed by atoms with Gasteiger partial charge in [-0.25, -0.2) is 0 Å². The lowest BCUT2D eigenvalue weighted by Gasteiger charge is -2.39. The zero-order chi connectivity index (χ0) is 11.4. The van der Waals surface area contributed by atoms with Gasteiger partial charge in [0.1, 0.15) is 0 Å². The molecule has 1 saturated heterocycles. The molecule has 0 amide bonds. The molecule has 2 nitrogen and oxygen atoms in total. The van der Waals surface area contributed by atoms with Gasteiger partial charge in [0.2, 0.25) is 0 Å². The van der Waals surface area contributed by atoms with Crippen molar-refractivity contribution in [2.75, 3.05) is 19.6 Å². The van der Waals surface area contributed by atoms with Crippen molar-refractivity contribution in [1.82, 2.24) is 4.90 Å². The Labute approximate surface area is 100 Å². The molecule has 2 heteroatoms. The lowest BCUT2D eigenvalue weighted by molar-refractivity contribution is -0.0393. The number of likely N-dealkylation sites (tertiary alicyclic amines) is 1. The first kappa shape index (κ1) is 12.4. The zero-order valence-electron chi connectivity index (χ0n) is 10.7. The van der Waals surface area contributed by atoms with Crippen LogP contribution < -0.4 is 0 Å². The van der Waals surface area contributed by atoms with Crippen molar-refractivity contribution < 1.29 is 5.11 Å². The fourth-order valence-electron chi connectivity index (χ4n) is 3.49. The second kappa shape index (κ2) is 5.50. The van der Waals surface area contributed by atoms with Gasteiger partial charge in [-0.05, 0) is 44.7 Å². The van der Waals surface area contributed by atoms with Crippen LogP contribution >= 0.6 is 0 Å². The van der Waals surface area contributed by atoms with Gasteiger partial charge in [-0.3, -0.25) is 0 Å². The number of hydrogen-bond donors (Lipinski definition) is 1. The summed E-state index contributed by atoms with van der Waals surface area (Å²) in [6, 6.07) is 0. The van der Waals surface area contributed by atoms with E-state index in [4.69, 9.17) is 0 Å². The van der Waals surface area contributed by atoms with Crippen LogP contribution in [0.25, 0.3) is 0 Å². The molecule has 0 aromatic rings. The highest BCUT2D eigenvalue weighted by atomic mass is 16.3. The van der Waals surface area contributed by atoms with Crippen LogP contribution in [0, 0.1) is 5.92 Å². The minimum atomic E-state index is -0.373. The predicted molar refractivity (Wildman–Crippen MR) is 67.5 cm³/mol. The molecule has 2 aliphatic rings. The summed E-state index contributed by atoms with van der Waals surface area (Å²) in [6.07, 6.45) is 9.97. The normalized spacial score (nSPS) is 38.2. The Morgan fingerprint density at radius 1 is 1.12 bits per heavy atom. The molecule has 1 aliphatic carbocycles. The maximum absolute atomic E-state index is 10.6. The number of rotatable bonds is 2. The van der Waals surface area contributed by atoms with Gasteiger partial charge in [-0.15, -0.1) is 0 Å². The smallest absolute Gasteiger partial charge is 0.0776 e. The molecule has 2 atom stereocenters. The van der Waals surface area contributed by atoms with Crippen molar-refractivity contribution in [3.8, 4) is 0 Å². The molecule has 0 aromatic carbocycles. The van der Waals surface area contributed by atoms with E-state index in [1.165, 1.54) is 51.6 Å². The highest BCUT2D eigenvalue weighted by Gasteiger charge is 2.34. The highest BCUT2D eigenvalue weighted by Crippen LogP contribution is 2.33. The Kier molecular flexibility index (Phi) is 4.26. The maximum Gasteiger partial charge on any atom is 0.0776 e. The van der Waals surface area contributed by atoms with E-state index in [-0.39, 0.29) is 5.60 Å². The van der Waals surface area contributed by atoms with Gasteiger partial charge in [-0.2, -0.15) is 0 Å². The third-order valence-corrected chi connectivity index (χ3v) is 4.28. The van der Waals surface area contributed by atoms with E-state index in [0.29, 0.717) is 5.92 Å². The number of hydrogen-bond acceptors (Lipinski definition) is 2. The predicted octanol–water partition coefficient (Wildman–Crippen LogP) is 2.80. The van der Waals surface area contributed by atoms with Gasteiger partial charge >= 0.3 is 0 Å². The van der Waals surface area contributed by atoms with E-state index in [2.05, 4.69) is 11.8 Å². The van der Waals surface area contributed by atoms with Crippen molar-refractivity contribution in [3.63, 3.8) is 0 Å². The molecular formula is C14H27NO. The molecule has 1 aliphatic heterocycles. The average Bonchev–Trinajstić information content (AvgIpc) is 2.45. The molecule has 2 rings (SSSR count). The number of aliphatic hydroxyl groups is 1. The Morgan fingerprint density at radius 3 is 2.44 bits per heavy atom. The van der Waals surface area contributed by atoms with E-state index in [1.807, 2.05) is 0 Å². The summed E-state index contributed by atoms with van der Waals surface area (Å²) in [5.41, 5.74) is -0.373. The van der Waals surface area contributed by atoms with Crippen LogP contribution in [-0.2, 0) is 0 Å². The topological polar surface area (TPSA) is 23.5 Å². The van der Waals surface area contributed by atoms with Gasteiger partial charge in [-0.1, -0.05) is 32.6 Å². The maximum atomic E-state index is 10.6. The third kappa shape index (κ3) is 3.46. The largest absolute Gasteiger partial charge is 0.389 e. The third-order valence-electron chi connectivity index (χ3n) is 4.28. The van der Waals surface area contributed by atoms with Crippen molar-refractivity contribution in [2.24, 2.45) is 5.92 Å². The molecule has 2 fully saturated rings. The zero-order valence-corrected chi connectivity index (χ0v) is 10.7. The first-order chi connectivity index (χ1) is 7.68. The molecule has 16 heavy (non-hydrogen) atoms. The molecule has 0 aromatic heterocycles. The molecule has 2 unspecified atom stereocenters. The molecular weight excluding hydrogens is 198 g/mol. The lowest BCUT2D eigenvalue weighted by atomic mass is 9.78. The lowest BCUT2D eigenvalue weighted by Crippen LogP contribution is -2.46. The monoisotopic (exact) mass is 225 g/mol. The van der Waals surface area contributed by atoms with E-state index >= 15 is 0 Å². The van der Waals surface area contributed by atoms with Crippen LogP contribution in [0.5, 0.6) is 0 Å². The fourth-order valence-corrected chi connectivity index (χ4v) is 3.49. The SMILES string of the molecule is CC1CCCC(O)(CN2CCCCCC2)C1. The Morgan fingerprint density at radius 2 is 1.81 bits per heavy atom. The molecule has 0 spiro atoms. The van der Waals surface area contributed by atoms with Crippen LogP contribution in [0.3, 0.4) is 0 Å². The standard InChI is InChI=1S/C14H27NO/c1-13-7-6-8-14(16,11-13)12-15-9-4-2-3-5-10-15/h13,16H,2-12H2,1H3. The fraction of sp³-hybridized carbons (Fsp3) is 1.00. The summed E-state index contributed by atoms with van der Waals surface area (Å²) in [5, 5.41) is 10.6. The van der Waals surface area contributed by atoms with E-state index in [1.54, 1.807) is 0 Å². The first-order valence-corrected chi connectivity index (χ1v) is 7.13. The molecule has 94 valence electrons. The summed E-state index contributed by atoms with van der Waals surface area (Å²) in [5.74, 6) is 0.714. The van der Waals surface area contributed by atoms with Gasteiger partial charge in [0, 0.05) is 6.54 Å². The van der Waals surface area contributed by atoms with Gasteiger partial charge < -0.3 is 10.0 Å². The van der Waals surface area contributed by atoms with Crippen molar-refractivity contribution in [3.05, 3.63) is 0 Å². The van der Waals surface area contributed by atoms with Crippen LogP contribution in [0.15, 0.2) is 0 Å². The molecule has 1 heterocycles. The minimum Gasteiger partial charge on any atom is -0.389 e. The first-order valence-electron chi connectivity index (χ1n) is 7.13. The highest BCUT2D eigenvalue weighted by molar-refractivity contribution is 4.88. The van der Waals surface area contributed by atoms with Gasteiger partial charge in [0.05, 0.1) is 5.60 Å². The van der Waals surface area contributed by atoms with E-state index < -0.39 is 0 Å². The molecule has 0 bridgehead atoms. The van der Waals surface area contributed by atoms with E-state index in [0.717, 1.165) is 19.4 Å². The molecule has 1 N–H and O–H groups in total. The Bertz CT molecular complexity index is 211. The summed E-state index contributed by atoms with van der Waals surface area (Å²) >= 11 is 0. The average molecular weight is 225 g/mol. The number of β-amino-alcohol motifs (C(OH)–C–C–N with tert-alkyl or cyclic N) is 1. The summed E-state index contributed by atoms with van der Waals surface area (Å²) < 4.78 is 0. The van der Waals surface area contributed by atoms with Crippen LogP contribution in [0.1, 0.15) is 58.3 Å². The number of nitrogens with zero attached hydrogens (tertiary/aromatic N) is 1. The summed E-state index contributed by atoms with van der Waals surface area (Å²) in [6.45, 7) is 5.62. The van der Waals surface area contributed by atoms with Crippen LogP contribution in [-0.4, -0.2) is 35.2 Å². The van der Waals surface area contributed by atoms with Gasteiger partial charge in [0.15, 0.2) is 0 Å². The second-order valence-corrected chi connectivity index (χ2v) is 6.12. The van der Waals surface area contributed by atoms with Gasteiger partial charge in [0.25, 0.3) is 0 Å². The molecule has 1 saturated carbocycles. The minimum absolute atomic E-state index is 0.373. The second-order valence-electron chi connectivity index (χ2n) is 6.12. The van der Waals surface area contributed by atoms with E-state index in [9.17, 15) is 5.11 Å². The summed E-state index contributed by atoms with van der Waals surface area (Å²) in [4.78, 5) is 2.50. The summed E-state index contributed by atoms with van der Waals surface area (Å²) in [7, 11) is 0. The van der Waals surface area contributed by atoms with Crippen molar-refractivity contribution in [1.29, 1.82) is 0 Å². The molecule has 0 radical (unpaired) electrons. The van der Waals surface area contributed by atoms with Crippen molar-refractivity contribution >= 4 is 0 Å². The van der Waals surface area contributed by atoms with Crippen LogP contribution in [0.4, 0.5) is 0 Å². The van der Waals surface area contributed by atoms with Crippen molar-refractivity contribution in [2.45, 2.75) is 63.9 Å².